The van der Waals surface area contributed by atoms with Crippen LogP contribution in [0.5, 0.6) is 0 Å². The van der Waals surface area contributed by atoms with Crippen LogP contribution in [-0.2, 0) is 6.42 Å². The first-order valence-electron chi connectivity index (χ1n) is 5.16. The molecule has 1 N–H and O–H groups in total. The van der Waals surface area contributed by atoms with Crippen molar-refractivity contribution in [1.82, 2.24) is 0 Å². The minimum absolute atomic E-state index is 0.0554. The number of aliphatic hydroxyl groups is 1. The summed E-state index contributed by atoms with van der Waals surface area (Å²) in [6.07, 6.45) is 0.843. The molecule has 0 bridgehead atoms. The largest absolute Gasteiger partial charge is 0.393 e. The van der Waals surface area contributed by atoms with Crippen molar-refractivity contribution in [3.63, 3.8) is 0 Å². The van der Waals surface area contributed by atoms with Crippen LogP contribution in [0.2, 0.25) is 0 Å². The second kappa shape index (κ2) is 5.21. The summed E-state index contributed by atoms with van der Waals surface area (Å²) in [7, 11) is 0. The second-order valence-electron chi connectivity index (χ2n) is 3.91. The van der Waals surface area contributed by atoms with E-state index in [2.05, 4.69) is 0 Å². The molecule has 1 nitrogen and oxygen atoms in total. The number of benzene rings is 1. The summed E-state index contributed by atoms with van der Waals surface area (Å²) < 4.78 is 25.5. The Labute approximate surface area is 88.7 Å². The monoisotopic (exact) mass is 214 g/mol. The minimum Gasteiger partial charge on any atom is -0.393 e. The number of rotatable bonds is 4. The summed E-state index contributed by atoms with van der Waals surface area (Å²) in [5, 5.41) is 9.54. The first-order valence-corrected chi connectivity index (χ1v) is 5.16. The first kappa shape index (κ1) is 12.1. The quantitative estimate of drug-likeness (QED) is 0.817. The molecule has 15 heavy (non-hydrogen) atoms. The smallest absolute Gasteiger partial charge is 0.159 e. The van der Waals surface area contributed by atoms with Crippen LogP contribution in [0, 0.1) is 17.6 Å². The highest BCUT2D eigenvalue weighted by Crippen LogP contribution is 2.16. The van der Waals surface area contributed by atoms with E-state index in [9.17, 15) is 13.9 Å². The second-order valence-corrected chi connectivity index (χ2v) is 3.91. The molecule has 0 fully saturated rings. The summed E-state index contributed by atoms with van der Waals surface area (Å²) >= 11 is 0. The fraction of sp³-hybridized carbons (Fsp3) is 0.500. The Balaban J connectivity index is 2.68. The third-order valence-electron chi connectivity index (χ3n) is 2.62. The number of aliphatic hydroxyl groups excluding tert-OH is 1. The zero-order valence-corrected chi connectivity index (χ0v) is 9.00. The van der Waals surface area contributed by atoms with Gasteiger partial charge in [-0.2, -0.15) is 0 Å². The van der Waals surface area contributed by atoms with Crippen LogP contribution in [0.3, 0.4) is 0 Å². The van der Waals surface area contributed by atoms with E-state index >= 15 is 0 Å². The molecular weight excluding hydrogens is 198 g/mol. The van der Waals surface area contributed by atoms with Crippen LogP contribution in [0.4, 0.5) is 8.78 Å². The van der Waals surface area contributed by atoms with Gasteiger partial charge in [-0.3, -0.25) is 0 Å². The van der Waals surface area contributed by atoms with Crippen LogP contribution >= 0.6 is 0 Å². The van der Waals surface area contributed by atoms with Crippen molar-refractivity contribution in [3.8, 4) is 0 Å². The molecule has 1 rings (SSSR count). The van der Waals surface area contributed by atoms with E-state index in [0.717, 1.165) is 6.07 Å². The molecular formula is C12H16F2O. The molecule has 1 aromatic carbocycles. The van der Waals surface area contributed by atoms with Crippen molar-refractivity contribution >= 4 is 0 Å². The van der Waals surface area contributed by atoms with Crippen LogP contribution in [-0.4, -0.2) is 11.2 Å². The summed E-state index contributed by atoms with van der Waals surface area (Å²) in [5.74, 6) is -1.60. The van der Waals surface area contributed by atoms with Crippen molar-refractivity contribution in [2.75, 3.05) is 0 Å². The molecule has 1 aromatic rings. The van der Waals surface area contributed by atoms with Gasteiger partial charge in [0.25, 0.3) is 0 Å². The van der Waals surface area contributed by atoms with E-state index < -0.39 is 17.7 Å². The van der Waals surface area contributed by atoms with E-state index in [1.165, 1.54) is 6.07 Å². The van der Waals surface area contributed by atoms with Crippen molar-refractivity contribution < 1.29 is 13.9 Å². The van der Waals surface area contributed by atoms with E-state index in [1.54, 1.807) is 6.07 Å². The molecule has 0 saturated heterocycles. The lowest BCUT2D eigenvalue weighted by molar-refractivity contribution is 0.112. The molecule has 0 aliphatic rings. The number of hydrogen-bond donors (Lipinski definition) is 1. The molecule has 0 aliphatic carbocycles. The molecule has 0 aliphatic heterocycles. The lowest BCUT2D eigenvalue weighted by atomic mass is 9.94. The van der Waals surface area contributed by atoms with Gasteiger partial charge >= 0.3 is 0 Å². The Hall–Kier alpha value is -0.960. The molecule has 0 saturated carbocycles. The van der Waals surface area contributed by atoms with Crippen molar-refractivity contribution in [1.29, 1.82) is 0 Å². The van der Waals surface area contributed by atoms with Gasteiger partial charge in [0.15, 0.2) is 11.6 Å². The van der Waals surface area contributed by atoms with Gasteiger partial charge in [0.05, 0.1) is 6.10 Å². The minimum atomic E-state index is -0.831. The van der Waals surface area contributed by atoms with Gasteiger partial charge in [-0.15, -0.1) is 0 Å². The lowest BCUT2D eigenvalue weighted by Gasteiger charge is -2.17. The maximum Gasteiger partial charge on any atom is 0.159 e. The third-order valence-corrected chi connectivity index (χ3v) is 2.62. The first-order chi connectivity index (χ1) is 7.04. The van der Waals surface area contributed by atoms with Gasteiger partial charge in [-0.25, -0.2) is 8.78 Å². The molecule has 84 valence electrons. The van der Waals surface area contributed by atoms with E-state index in [1.807, 2.05) is 13.8 Å². The molecule has 0 heterocycles. The molecule has 2 unspecified atom stereocenters. The summed E-state index contributed by atoms with van der Waals surface area (Å²) in [5.41, 5.74) is 0.717. The molecule has 0 aromatic heterocycles. The average molecular weight is 214 g/mol. The topological polar surface area (TPSA) is 20.2 Å². The molecule has 2 atom stereocenters. The Kier molecular flexibility index (Phi) is 4.21. The highest BCUT2D eigenvalue weighted by molar-refractivity contribution is 5.18. The fourth-order valence-corrected chi connectivity index (χ4v) is 1.58. The average Bonchev–Trinajstić information content (AvgIpc) is 2.22. The maximum absolute atomic E-state index is 12.9. The van der Waals surface area contributed by atoms with Gasteiger partial charge in [0, 0.05) is 0 Å². The SMILES string of the molecule is CCC(O)C(C)Cc1ccc(F)c(F)c1. The van der Waals surface area contributed by atoms with Crippen LogP contribution < -0.4 is 0 Å². The van der Waals surface area contributed by atoms with Crippen LogP contribution in [0.15, 0.2) is 18.2 Å². The Morgan fingerprint density at radius 3 is 2.47 bits per heavy atom. The highest BCUT2D eigenvalue weighted by atomic mass is 19.2. The lowest BCUT2D eigenvalue weighted by Crippen LogP contribution is -2.18. The maximum atomic E-state index is 12.9. The molecule has 0 radical (unpaired) electrons. The van der Waals surface area contributed by atoms with Gasteiger partial charge in [-0.05, 0) is 36.5 Å². The Morgan fingerprint density at radius 1 is 1.27 bits per heavy atom. The third kappa shape index (κ3) is 3.27. The number of halogens is 2. The molecule has 3 heteroatoms. The van der Waals surface area contributed by atoms with E-state index in [0.29, 0.717) is 18.4 Å². The van der Waals surface area contributed by atoms with Gasteiger partial charge in [0.2, 0.25) is 0 Å². The summed E-state index contributed by atoms with van der Waals surface area (Å²) in [6.45, 7) is 3.79. The van der Waals surface area contributed by atoms with Crippen LogP contribution in [0.1, 0.15) is 25.8 Å². The Morgan fingerprint density at radius 2 is 1.93 bits per heavy atom. The van der Waals surface area contributed by atoms with E-state index in [-0.39, 0.29) is 5.92 Å². The van der Waals surface area contributed by atoms with Gasteiger partial charge in [-0.1, -0.05) is 19.9 Å². The van der Waals surface area contributed by atoms with Crippen LogP contribution in [0.25, 0.3) is 0 Å². The normalized spacial score (nSPS) is 15.0. The van der Waals surface area contributed by atoms with Crippen molar-refractivity contribution in [3.05, 3.63) is 35.4 Å². The zero-order chi connectivity index (χ0) is 11.4. The van der Waals surface area contributed by atoms with Crippen molar-refractivity contribution in [2.24, 2.45) is 5.92 Å². The molecule has 0 amide bonds. The van der Waals surface area contributed by atoms with Gasteiger partial charge < -0.3 is 5.11 Å². The number of hydrogen-bond acceptors (Lipinski definition) is 1. The summed E-state index contributed by atoms with van der Waals surface area (Å²) in [4.78, 5) is 0. The predicted octanol–water partition coefficient (Wildman–Crippen LogP) is 2.91. The fourth-order valence-electron chi connectivity index (χ4n) is 1.58. The van der Waals surface area contributed by atoms with E-state index in [4.69, 9.17) is 0 Å². The Bertz CT molecular complexity index is 325. The summed E-state index contributed by atoms with van der Waals surface area (Å²) in [6, 6.07) is 3.86. The van der Waals surface area contributed by atoms with Crippen molar-refractivity contribution in [2.45, 2.75) is 32.8 Å². The predicted molar refractivity (Wildman–Crippen MR) is 55.5 cm³/mol. The van der Waals surface area contributed by atoms with Gasteiger partial charge in [0.1, 0.15) is 0 Å². The zero-order valence-electron chi connectivity index (χ0n) is 9.00. The molecule has 0 spiro atoms. The highest BCUT2D eigenvalue weighted by Gasteiger charge is 2.13. The standard InChI is InChI=1S/C12H16F2O/c1-3-12(15)8(2)6-9-4-5-10(13)11(14)7-9/h4-5,7-8,12,15H,3,6H2,1-2H3.